The number of imide groups is 2. The Morgan fingerprint density at radius 1 is 0.895 bits per heavy atom. The summed E-state index contributed by atoms with van der Waals surface area (Å²) in [5.41, 5.74) is 5.75. The summed E-state index contributed by atoms with van der Waals surface area (Å²) in [7, 11) is 0. The molecule has 1 atom stereocenters. The van der Waals surface area contributed by atoms with Crippen LogP contribution in [0.25, 0.3) is 0 Å². The normalized spacial score (nSPS) is 20.1. The van der Waals surface area contributed by atoms with Gasteiger partial charge in [0.15, 0.2) is 0 Å². The van der Waals surface area contributed by atoms with Crippen LogP contribution in [0.5, 0.6) is 0 Å². The standard InChI is InChI=1S/C12H13N3O4/c13-8(15-11(18)5-6-12(15)19)2-1-7-14-9(16)3-4-10(14)17/h3-6,8H,1-2,7,13H2. The minimum Gasteiger partial charge on any atom is -0.311 e. The number of nitrogens with two attached hydrogens (primary N) is 1. The topological polar surface area (TPSA) is 101 Å². The van der Waals surface area contributed by atoms with Crippen LogP contribution >= 0.6 is 0 Å². The highest BCUT2D eigenvalue weighted by Gasteiger charge is 2.29. The molecule has 4 amide bonds. The molecule has 19 heavy (non-hydrogen) atoms. The van der Waals surface area contributed by atoms with E-state index in [1.165, 1.54) is 24.3 Å². The quantitative estimate of drug-likeness (QED) is 0.635. The minimum absolute atomic E-state index is 0.224. The molecular weight excluding hydrogens is 250 g/mol. The maximum atomic E-state index is 11.4. The second kappa shape index (κ2) is 5.15. The van der Waals surface area contributed by atoms with Gasteiger partial charge in [0.2, 0.25) is 0 Å². The largest absolute Gasteiger partial charge is 0.311 e. The fourth-order valence-electron chi connectivity index (χ4n) is 1.98. The molecule has 1 unspecified atom stereocenters. The van der Waals surface area contributed by atoms with E-state index in [0.717, 1.165) is 9.80 Å². The van der Waals surface area contributed by atoms with Crippen LogP contribution < -0.4 is 5.73 Å². The Morgan fingerprint density at radius 3 is 1.89 bits per heavy atom. The summed E-state index contributed by atoms with van der Waals surface area (Å²) in [6, 6.07) is 0. The summed E-state index contributed by atoms with van der Waals surface area (Å²) < 4.78 is 0. The van der Waals surface area contributed by atoms with Crippen LogP contribution in [0, 0.1) is 0 Å². The summed E-state index contributed by atoms with van der Waals surface area (Å²) in [4.78, 5) is 47.3. The first-order valence-electron chi connectivity index (χ1n) is 5.85. The molecule has 0 saturated heterocycles. The van der Waals surface area contributed by atoms with Crippen LogP contribution in [-0.2, 0) is 19.2 Å². The number of hydrogen-bond donors (Lipinski definition) is 1. The predicted octanol–water partition coefficient (Wildman–Crippen LogP) is -1.10. The fourth-order valence-corrected chi connectivity index (χ4v) is 1.98. The third-order valence-electron chi connectivity index (χ3n) is 2.96. The van der Waals surface area contributed by atoms with Gasteiger partial charge >= 0.3 is 0 Å². The number of nitrogens with zero attached hydrogens (tertiary/aromatic N) is 2. The van der Waals surface area contributed by atoms with Crippen molar-refractivity contribution in [1.29, 1.82) is 0 Å². The summed E-state index contributed by atoms with van der Waals surface area (Å²) in [6.07, 6.45) is 4.77. The van der Waals surface area contributed by atoms with Gasteiger partial charge in [-0.15, -0.1) is 0 Å². The number of rotatable bonds is 5. The van der Waals surface area contributed by atoms with Crippen molar-refractivity contribution >= 4 is 23.6 Å². The number of carbonyl (C=O) groups is 4. The van der Waals surface area contributed by atoms with E-state index in [4.69, 9.17) is 5.73 Å². The van der Waals surface area contributed by atoms with Gasteiger partial charge in [-0.1, -0.05) is 0 Å². The van der Waals surface area contributed by atoms with Gasteiger partial charge in [-0.3, -0.25) is 29.0 Å². The first-order valence-corrected chi connectivity index (χ1v) is 5.85. The average molecular weight is 263 g/mol. The Morgan fingerprint density at radius 2 is 1.37 bits per heavy atom. The average Bonchev–Trinajstić information content (AvgIpc) is 2.85. The highest BCUT2D eigenvalue weighted by atomic mass is 16.2. The summed E-state index contributed by atoms with van der Waals surface area (Å²) >= 11 is 0. The molecule has 0 aliphatic carbocycles. The Balaban J connectivity index is 1.80. The third kappa shape index (κ3) is 2.60. The summed E-state index contributed by atoms with van der Waals surface area (Å²) in [5.74, 6) is -1.58. The fraction of sp³-hybridized carbons (Fsp3) is 0.333. The van der Waals surface area contributed by atoms with Crippen LogP contribution in [0.4, 0.5) is 0 Å². The lowest BCUT2D eigenvalue weighted by molar-refractivity contribution is -0.141. The monoisotopic (exact) mass is 263 g/mol. The van der Waals surface area contributed by atoms with Crippen molar-refractivity contribution in [3.8, 4) is 0 Å². The molecule has 7 heteroatoms. The minimum atomic E-state index is -0.740. The van der Waals surface area contributed by atoms with Crippen molar-refractivity contribution in [3.05, 3.63) is 24.3 Å². The molecule has 2 N–H and O–H groups in total. The van der Waals surface area contributed by atoms with E-state index in [0.29, 0.717) is 12.8 Å². The molecule has 2 aliphatic heterocycles. The van der Waals surface area contributed by atoms with Crippen molar-refractivity contribution in [1.82, 2.24) is 9.80 Å². The zero-order valence-corrected chi connectivity index (χ0v) is 10.1. The molecular formula is C12H13N3O4. The summed E-state index contributed by atoms with van der Waals surface area (Å²) in [5, 5.41) is 0. The van der Waals surface area contributed by atoms with Gasteiger partial charge in [-0.05, 0) is 12.8 Å². The van der Waals surface area contributed by atoms with Gasteiger partial charge in [-0.2, -0.15) is 0 Å². The van der Waals surface area contributed by atoms with Gasteiger partial charge in [0.1, 0.15) is 0 Å². The molecule has 0 aromatic heterocycles. The molecule has 0 aromatic rings. The van der Waals surface area contributed by atoms with Crippen LogP contribution in [0.15, 0.2) is 24.3 Å². The molecule has 2 aliphatic rings. The highest BCUT2D eigenvalue weighted by molar-refractivity contribution is 6.13. The smallest absolute Gasteiger partial charge is 0.254 e. The van der Waals surface area contributed by atoms with Gasteiger partial charge in [0.25, 0.3) is 23.6 Å². The maximum Gasteiger partial charge on any atom is 0.254 e. The SMILES string of the molecule is NC(CCCN1C(=O)C=CC1=O)N1C(=O)C=CC1=O. The molecule has 7 nitrogen and oxygen atoms in total. The molecule has 0 spiro atoms. The molecule has 0 bridgehead atoms. The number of amides is 4. The van der Waals surface area contributed by atoms with E-state index in [2.05, 4.69) is 0 Å². The molecule has 0 saturated carbocycles. The first-order chi connectivity index (χ1) is 9.00. The zero-order valence-electron chi connectivity index (χ0n) is 10.1. The van der Waals surface area contributed by atoms with E-state index < -0.39 is 18.0 Å². The van der Waals surface area contributed by atoms with Crippen LogP contribution in [0.1, 0.15) is 12.8 Å². The molecule has 0 radical (unpaired) electrons. The van der Waals surface area contributed by atoms with E-state index in [9.17, 15) is 19.2 Å². The predicted molar refractivity (Wildman–Crippen MR) is 64.1 cm³/mol. The van der Waals surface area contributed by atoms with Gasteiger partial charge < -0.3 is 5.73 Å². The van der Waals surface area contributed by atoms with Crippen LogP contribution in [0.3, 0.4) is 0 Å². The summed E-state index contributed by atoms with van der Waals surface area (Å²) in [6.45, 7) is 0.224. The lowest BCUT2D eigenvalue weighted by Gasteiger charge is -2.23. The van der Waals surface area contributed by atoms with Crippen molar-refractivity contribution in [2.24, 2.45) is 5.73 Å². The Labute approximate surface area is 109 Å². The number of carbonyl (C=O) groups excluding carboxylic acids is 4. The third-order valence-corrected chi connectivity index (χ3v) is 2.96. The second-order valence-corrected chi connectivity index (χ2v) is 4.25. The van der Waals surface area contributed by atoms with E-state index >= 15 is 0 Å². The second-order valence-electron chi connectivity index (χ2n) is 4.25. The van der Waals surface area contributed by atoms with E-state index in [1.54, 1.807) is 0 Å². The Hall–Kier alpha value is -2.28. The van der Waals surface area contributed by atoms with Crippen molar-refractivity contribution in [3.63, 3.8) is 0 Å². The van der Waals surface area contributed by atoms with E-state index in [-0.39, 0.29) is 18.4 Å². The zero-order chi connectivity index (χ0) is 14.0. The molecule has 2 heterocycles. The van der Waals surface area contributed by atoms with Crippen LogP contribution in [0.2, 0.25) is 0 Å². The van der Waals surface area contributed by atoms with Crippen molar-refractivity contribution in [2.45, 2.75) is 19.0 Å². The van der Waals surface area contributed by atoms with E-state index in [1.807, 2.05) is 0 Å². The van der Waals surface area contributed by atoms with Crippen LogP contribution in [-0.4, -0.2) is 46.1 Å². The molecule has 0 fully saturated rings. The van der Waals surface area contributed by atoms with Crippen molar-refractivity contribution in [2.75, 3.05) is 6.54 Å². The lowest BCUT2D eigenvalue weighted by Crippen LogP contribution is -2.46. The Kier molecular flexibility index (Phi) is 3.57. The van der Waals surface area contributed by atoms with Gasteiger partial charge in [0, 0.05) is 30.8 Å². The molecule has 0 aromatic carbocycles. The van der Waals surface area contributed by atoms with Gasteiger partial charge in [-0.25, -0.2) is 0 Å². The van der Waals surface area contributed by atoms with Gasteiger partial charge in [0.05, 0.1) is 6.17 Å². The lowest BCUT2D eigenvalue weighted by atomic mass is 10.2. The molecule has 2 rings (SSSR count). The van der Waals surface area contributed by atoms with Crippen molar-refractivity contribution < 1.29 is 19.2 Å². The first kappa shape index (κ1) is 13.2. The highest BCUT2D eigenvalue weighted by Crippen LogP contribution is 2.11. The maximum absolute atomic E-state index is 11.4. The number of hydrogen-bond acceptors (Lipinski definition) is 5. The molecule has 100 valence electrons. The Bertz CT molecular complexity index is 473.